The lowest BCUT2D eigenvalue weighted by Gasteiger charge is -2.06. The van der Waals surface area contributed by atoms with Gasteiger partial charge in [-0.15, -0.1) is 0 Å². The van der Waals surface area contributed by atoms with Gasteiger partial charge < -0.3 is 19.7 Å². The van der Waals surface area contributed by atoms with Gasteiger partial charge in [0.15, 0.2) is 0 Å². The van der Waals surface area contributed by atoms with Gasteiger partial charge in [-0.1, -0.05) is 24.3 Å². The van der Waals surface area contributed by atoms with Gasteiger partial charge in [0, 0.05) is 34.4 Å². The van der Waals surface area contributed by atoms with Crippen molar-refractivity contribution in [3.05, 3.63) is 65.9 Å². The van der Waals surface area contributed by atoms with Crippen LogP contribution in [0, 0.1) is 11.3 Å². The quantitative estimate of drug-likeness (QED) is 0.508. The fourth-order valence-electron chi connectivity index (χ4n) is 2.87. The molecule has 0 saturated heterocycles. The van der Waals surface area contributed by atoms with Gasteiger partial charge in [-0.2, -0.15) is 5.26 Å². The summed E-state index contributed by atoms with van der Waals surface area (Å²) in [7, 11) is 1.52. The van der Waals surface area contributed by atoms with E-state index in [-0.39, 0.29) is 12.1 Å². The molecule has 0 radical (unpaired) electrons. The number of aliphatic carboxylic acids is 1. The molecule has 3 aromatic rings. The Hall–Kier alpha value is -4.05. The number of fused-ring (bicyclic) bond motifs is 1. The Morgan fingerprint density at radius 1 is 1.25 bits per heavy atom. The van der Waals surface area contributed by atoms with Crippen molar-refractivity contribution in [2.45, 2.75) is 6.54 Å². The predicted octanol–water partition coefficient (Wildman–Crippen LogP) is 3.28. The van der Waals surface area contributed by atoms with Gasteiger partial charge in [-0.05, 0) is 24.3 Å². The van der Waals surface area contributed by atoms with Crippen molar-refractivity contribution >= 4 is 34.5 Å². The number of anilines is 1. The van der Waals surface area contributed by atoms with Gasteiger partial charge in [0.25, 0.3) is 5.91 Å². The fourth-order valence-corrected chi connectivity index (χ4v) is 2.87. The first-order valence-corrected chi connectivity index (χ1v) is 8.38. The molecule has 0 aliphatic heterocycles. The molecular weight excluding hydrogens is 358 g/mol. The number of nitrogens with one attached hydrogen (secondary N) is 1. The Labute approximate surface area is 161 Å². The summed E-state index contributed by atoms with van der Waals surface area (Å²) < 4.78 is 6.69. The molecule has 0 bridgehead atoms. The number of carboxylic acids is 1. The SMILES string of the molecule is COc1cccc(NC(=O)C(C#N)=Cc2cn(CC(=O)O)c3ccccc23)c1. The average molecular weight is 375 g/mol. The minimum Gasteiger partial charge on any atom is -0.497 e. The van der Waals surface area contributed by atoms with Crippen LogP contribution in [0.1, 0.15) is 5.56 Å². The Morgan fingerprint density at radius 3 is 2.75 bits per heavy atom. The van der Waals surface area contributed by atoms with Crippen LogP contribution in [0.3, 0.4) is 0 Å². The van der Waals surface area contributed by atoms with Gasteiger partial charge >= 0.3 is 5.97 Å². The number of carboxylic acid groups (broad SMARTS) is 1. The lowest BCUT2D eigenvalue weighted by Crippen LogP contribution is -2.13. The first-order valence-electron chi connectivity index (χ1n) is 8.38. The number of hydrogen-bond donors (Lipinski definition) is 2. The Balaban J connectivity index is 1.95. The van der Waals surface area contributed by atoms with E-state index in [2.05, 4.69) is 5.32 Å². The third kappa shape index (κ3) is 4.02. The molecule has 7 nitrogen and oxygen atoms in total. The number of nitrogens with zero attached hydrogens (tertiary/aromatic N) is 2. The third-order valence-corrected chi connectivity index (χ3v) is 4.12. The molecule has 3 rings (SSSR count). The van der Waals surface area contributed by atoms with E-state index in [4.69, 9.17) is 9.84 Å². The summed E-state index contributed by atoms with van der Waals surface area (Å²) in [5.74, 6) is -0.963. The number of ether oxygens (including phenoxy) is 1. The van der Waals surface area contributed by atoms with E-state index in [1.165, 1.54) is 13.2 Å². The maximum atomic E-state index is 12.5. The Bertz CT molecular complexity index is 1120. The molecule has 1 heterocycles. The summed E-state index contributed by atoms with van der Waals surface area (Å²) >= 11 is 0. The molecule has 7 heteroatoms. The highest BCUT2D eigenvalue weighted by Crippen LogP contribution is 2.24. The molecule has 0 fully saturated rings. The summed E-state index contributed by atoms with van der Waals surface area (Å²) in [5, 5.41) is 22.0. The third-order valence-electron chi connectivity index (χ3n) is 4.12. The van der Waals surface area contributed by atoms with E-state index >= 15 is 0 Å². The van der Waals surface area contributed by atoms with E-state index in [1.807, 2.05) is 18.2 Å². The van der Waals surface area contributed by atoms with Crippen LogP contribution < -0.4 is 10.1 Å². The predicted molar refractivity (Wildman–Crippen MR) is 105 cm³/mol. The number of nitriles is 1. The van der Waals surface area contributed by atoms with E-state index in [0.717, 1.165) is 5.39 Å². The zero-order valence-electron chi connectivity index (χ0n) is 15.0. The van der Waals surface area contributed by atoms with Crippen LogP contribution in [-0.4, -0.2) is 28.7 Å². The summed E-state index contributed by atoms with van der Waals surface area (Å²) in [6.45, 7) is -0.216. The zero-order chi connectivity index (χ0) is 20.1. The molecule has 0 spiro atoms. The highest BCUT2D eigenvalue weighted by Gasteiger charge is 2.14. The van der Waals surface area contributed by atoms with Crippen LogP contribution in [-0.2, 0) is 16.1 Å². The second kappa shape index (κ2) is 8.10. The smallest absolute Gasteiger partial charge is 0.323 e. The number of amides is 1. The number of aromatic nitrogens is 1. The van der Waals surface area contributed by atoms with Crippen molar-refractivity contribution in [2.75, 3.05) is 12.4 Å². The molecule has 1 aromatic heterocycles. The zero-order valence-corrected chi connectivity index (χ0v) is 15.0. The Kier molecular flexibility index (Phi) is 5.42. The van der Waals surface area contributed by atoms with E-state index in [9.17, 15) is 14.9 Å². The molecule has 28 heavy (non-hydrogen) atoms. The van der Waals surface area contributed by atoms with E-state index in [0.29, 0.717) is 22.5 Å². The van der Waals surface area contributed by atoms with Gasteiger partial charge in [0.05, 0.1) is 7.11 Å². The van der Waals surface area contributed by atoms with Gasteiger partial charge in [-0.25, -0.2) is 0 Å². The van der Waals surface area contributed by atoms with Crippen LogP contribution in [0.25, 0.3) is 17.0 Å². The number of para-hydroxylation sites is 1. The molecule has 2 N–H and O–H groups in total. The van der Waals surface area contributed by atoms with Crippen LogP contribution in [0.4, 0.5) is 5.69 Å². The van der Waals surface area contributed by atoms with Crippen molar-refractivity contribution < 1.29 is 19.4 Å². The highest BCUT2D eigenvalue weighted by molar-refractivity contribution is 6.10. The van der Waals surface area contributed by atoms with E-state index in [1.54, 1.807) is 47.2 Å². The average Bonchev–Trinajstić information content (AvgIpc) is 3.03. The number of carbonyl (C=O) groups is 2. The molecule has 0 saturated carbocycles. The van der Waals surface area contributed by atoms with Gasteiger partial charge in [0.1, 0.15) is 23.9 Å². The maximum absolute atomic E-state index is 12.5. The van der Waals surface area contributed by atoms with Gasteiger partial charge in [-0.3, -0.25) is 9.59 Å². The molecule has 1 amide bonds. The second-order valence-electron chi connectivity index (χ2n) is 5.98. The van der Waals surface area contributed by atoms with Gasteiger partial charge in [0.2, 0.25) is 0 Å². The molecule has 0 aliphatic rings. The standard InChI is InChI=1S/C21H17N3O4/c1-28-17-6-4-5-16(10-17)23-21(27)14(11-22)9-15-12-24(13-20(25)26)19-8-3-2-7-18(15)19/h2-10,12H,13H2,1H3,(H,23,27)(H,25,26). The molecule has 0 atom stereocenters. The molecule has 0 unspecified atom stereocenters. The normalized spacial score (nSPS) is 11.1. The summed E-state index contributed by atoms with van der Waals surface area (Å²) in [4.78, 5) is 23.6. The lowest BCUT2D eigenvalue weighted by atomic mass is 10.1. The van der Waals surface area contributed by atoms with Crippen molar-refractivity contribution in [2.24, 2.45) is 0 Å². The summed E-state index contributed by atoms with van der Waals surface area (Å²) in [5.41, 5.74) is 1.70. The minimum absolute atomic E-state index is 0.0963. The van der Waals surface area contributed by atoms with Crippen molar-refractivity contribution in [1.29, 1.82) is 5.26 Å². The van der Waals surface area contributed by atoms with Crippen LogP contribution in [0.5, 0.6) is 5.75 Å². The summed E-state index contributed by atoms with van der Waals surface area (Å²) in [6, 6.07) is 15.9. The number of hydrogen-bond acceptors (Lipinski definition) is 4. The minimum atomic E-state index is -0.979. The monoisotopic (exact) mass is 375 g/mol. The topological polar surface area (TPSA) is 104 Å². The fraction of sp³-hybridized carbons (Fsp3) is 0.0952. The highest BCUT2D eigenvalue weighted by atomic mass is 16.5. The molecule has 2 aromatic carbocycles. The van der Waals surface area contributed by atoms with Crippen molar-refractivity contribution in [3.63, 3.8) is 0 Å². The molecule has 140 valence electrons. The number of rotatable bonds is 6. The summed E-state index contributed by atoms with van der Waals surface area (Å²) in [6.07, 6.45) is 3.07. The number of benzene rings is 2. The van der Waals surface area contributed by atoms with Crippen LogP contribution in [0.15, 0.2) is 60.3 Å². The lowest BCUT2D eigenvalue weighted by molar-refractivity contribution is -0.137. The number of carbonyl (C=O) groups excluding carboxylic acids is 1. The van der Waals surface area contributed by atoms with Crippen molar-refractivity contribution in [1.82, 2.24) is 4.57 Å². The van der Waals surface area contributed by atoms with Crippen molar-refractivity contribution in [3.8, 4) is 11.8 Å². The second-order valence-corrected chi connectivity index (χ2v) is 5.98. The van der Waals surface area contributed by atoms with Crippen LogP contribution in [0.2, 0.25) is 0 Å². The largest absolute Gasteiger partial charge is 0.497 e. The van der Waals surface area contributed by atoms with E-state index < -0.39 is 11.9 Å². The molecular formula is C21H17N3O4. The maximum Gasteiger partial charge on any atom is 0.323 e. The number of methoxy groups -OCH3 is 1. The first-order chi connectivity index (χ1) is 13.5. The molecule has 0 aliphatic carbocycles. The Morgan fingerprint density at radius 2 is 2.04 bits per heavy atom. The van der Waals surface area contributed by atoms with Crippen LogP contribution >= 0.6 is 0 Å². The first kappa shape index (κ1) is 18.7.